The Labute approximate surface area is 109 Å². The van der Waals surface area contributed by atoms with Gasteiger partial charge in [-0.3, -0.25) is 4.63 Å². The van der Waals surface area contributed by atoms with Crippen LogP contribution < -0.4 is 4.90 Å². The SMILES string of the molecule is [O-][n+]1onc2c1CC[C@@H]1N(O)[C@@H]3CCCC[C@@H]3[C@]21O. The molecule has 104 valence electrons. The van der Waals surface area contributed by atoms with Crippen molar-refractivity contribution in [3.05, 3.63) is 16.6 Å². The van der Waals surface area contributed by atoms with Crippen molar-refractivity contribution in [2.75, 3.05) is 0 Å². The zero-order valence-corrected chi connectivity index (χ0v) is 10.5. The first-order valence-corrected chi connectivity index (χ1v) is 6.92. The van der Waals surface area contributed by atoms with Gasteiger partial charge in [-0.1, -0.05) is 12.8 Å². The van der Waals surface area contributed by atoms with Gasteiger partial charge in [0.2, 0.25) is 5.69 Å². The molecular weight excluding hydrogens is 250 g/mol. The van der Waals surface area contributed by atoms with Gasteiger partial charge in [0.25, 0.3) is 5.69 Å². The number of aliphatic hydroxyl groups is 1. The van der Waals surface area contributed by atoms with Gasteiger partial charge in [0, 0.05) is 23.5 Å². The third kappa shape index (κ3) is 1.28. The second kappa shape index (κ2) is 3.68. The zero-order valence-electron chi connectivity index (χ0n) is 10.5. The highest BCUT2D eigenvalue weighted by Crippen LogP contribution is 2.53. The second-order valence-corrected chi connectivity index (χ2v) is 5.94. The molecule has 1 aliphatic heterocycles. The Kier molecular flexibility index (Phi) is 2.25. The molecule has 7 heteroatoms. The molecule has 1 saturated heterocycles. The monoisotopic (exact) mass is 267 g/mol. The van der Waals surface area contributed by atoms with Crippen LogP contribution in [0, 0.1) is 11.1 Å². The maximum atomic E-state index is 11.5. The third-order valence-corrected chi connectivity index (χ3v) is 5.20. The third-order valence-electron chi connectivity index (χ3n) is 5.20. The molecule has 4 atom stereocenters. The number of hydrogen-bond donors (Lipinski definition) is 2. The van der Waals surface area contributed by atoms with Gasteiger partial charge in [0.15, 0.2) is 5.60 Å². The molecule has 0 radical (unpaired) electrons. The summed E-state index contributed by atoms with van der Waals surface area (Å²) in [5, 5.41) is 38.1. The van der Waals surface area contributed by atoms with Crippen LogP contribution in [0.2, 0.25) is 0 Å². The Balaban J connectivity index is 1.86. The molecule has 19 heavy (non-hydrogen) atoms. The Morgan fingerprint density at radius 1 is 1.37 bits per heavy atom. The molecule has 1 saturated carbocycles. The van der Waals surface area contributed by atoms with Gasteiger partial charge in [-0.25, -0.2) is 0 Å². The number of rotatable bonds is 0. The van der Waals surface area contributed by atoms with E-state index in [4.69, 9.17) is 0 Å². The van der Waals surface area contributed by atoms with Crippen LogP contribution in [0.3, 0.4) is 0 Å². The van der Waals surface area contributed by atoms with Crippen LogP contribution in [0.25, 0.3) is 0 Å². The number of hydroxylamine groups is 2. The van der Waals surface area contributed by atoms with E-state index in [0.717, 1.165) is 25.7 Å². The van der Waals surface area contributed by atoms with E-state index in [1.54, 1.807) is 0 Å². The average Bonchev–Trinajstić information content (AvgIpc) is 2.90. The van der Waals surface area contributed by atoms with E-state index >= 15 is 0 Å². The molecule has 0 bridgehead atoms. The summed E-state index contributed by atoms with van der Waals surface area (Å²) >= 11 is 0. The van der Waals surface area contributed by atoms with Gasteiger partial charge in [-0.05, 0) is 24.2 Å². The molecule has 2 N–H and O–H groups in total. The Morgan fingerprint density at radius 2 is 2.16 bits per heavy atom. The highest BCUT2D eigenvalue weighted by Gasteiger charge is 2.65. The predicted octanol–water partition coefficient (Wildman–Crippen LogP) is 0.0740. The highest BCUT2D eigenvalue weighted by molar-refractivity contribution is 5.27. The Hall–Kier alpha value is -1.18. The van der Waals surface area contributed by atoms with Gasteiger partial charge >= 0.3 is 0 Å². The number of nitrogens with zero attached hydrogens (tertiary/aromatic N) is 3. The van der Waals surface area contributed by atoms with Gasteiger partial charge in [-0.2, -0.15) is 5.06 Å². The maximum Gasteiger partial charge on any atom is 0.254 e. The fourth-order valence-corrected chi connectivity index (χ4v) is 4.36. The summed E-state index contributed by atoms with van der Waals surface area (Å²) in [6, 6.07) is -0.412. The first-order valence-electron chi connectivity index (χ1n) is 6.92. The second-order valence-electron chi connectivity index (χ2n) is 5.94. The lowest BCUT2D eigenvalue weighted by molar-refractivity contribution is -0.808. The standard InChI is InChI=1S/C12H17N3O4/c16-12-7-3-1-2-4-8(7)14(17)10(12)6-5-9-11(12)13-19-15(9)18/h7-8,10,16-17H,1-6H2/t7-,8+,10-,12+/m0/s1. The van der Waals surface area contributed by atoms with Crippen LogP contribution in [0.15, 0.2) is 4.63 Å². The van der Waals surface area contributed by atoms with Crippen molar-refractivity contribution >= 4 is 0 Å². The summed E-state index contributed by atoms with van der Waals surface area (Å²) < 4.78 is 4.66. The van der Waals surface area contributed by atoms with E-state index in [0.29, 0.717) is 29.1 Å². The predicted molar refractivity (Wildman–Crippen MR) is 60.8 cm³/mol. The lowest BCUT2D eigenvalue weighted by Crippen LogP contribution is -2.49. The average molecular weight is 267 g/mol. The van der Waals surface area contributed by atoms with E-state index in [1.807, 2.05) is 0 Å². The Morgan fingerprint density at radius 3 is 3.00 bits per heavy atom. The van der Waals surface area contributed by atoms with Gasteiger partial charge < -0.3 is 15.5 Å². The van der Waals surface area contributed by atoms with Crippen molar-refractivity contribution < 1.29 is 19.8 Å². The van der Waals surface area contributed by atoms with Crippen LogP contribution in [-0.4, -0.2) is 32.6 Å². The minimum atomic E-state index is -1.24. The van der Waals surface area contributed by atoms with Crippen LogP contribution >= 0.6 is 0 Å². The van der Waals surface area contributed by atoms with Crippen LogP contribution in [-0.2, 0) is 12.0 Å². The molecule has 2 heterocycles. The lowest BCUT2D eigenvalue weighted by atomic mass is 9.70. The first-order chi connectivity index (χ1) is 9.14. The minimum absolute atomic E-state index is 0.0356. The van der Waals surface area contributed by atoms with Crippen LogP contribution in [0.4, 0.5) is 0 Å². The zero-order chi connectivity index (χ0) is 13.2. The first kappa shape index (κ1) is 11.6. The van der Waals surface area contributed by atoms with Crippen LogP contribution in [0.1, 0.15) is 43.5 Å². The van der Waals surface area contributed by atoms with Gasteiger partial charge in [-0.15, -0.1) is 0 Å². The van der Waals surface area contributed by atoms with Crippen molar-refractivity contribution in [2.24, 2.45) is 5.92 Å². The molecule has 0 spiro atoms. The number of fused-ring (bicyclic) bond motifs is 5. The number of hydrogen-bond acceptors (Lipinski definition) is 6. The van der Waals surface area contributed by atoms with E-state index < -0.39 is 5.60 Å². The Bertz CT molecular complexity index is 519. The summed E-state index contributed by atoms with van der Waals surface area (Å²) in [7, 11) is 0. The molecule has 2 fully saturated rings. The summed E-state index contributed by atoms with van der Waals surface area (Å²) in [6.07, 6.45) is 4.86. The van der Waals surface area contributed by atoms with E-state index in [9.17, 15) is 15.5 Å². The van der Waals surface area contributed by atoms with E-state index in [-0.39, 0.29) is 18.0 Å². The van der Waals surface area contributed by atoms with Crippen molar-refractivity contribution in [3.63, 3.8) is 0 Å². The van der Waals surface area contributed by atoms with Gasteiger partial charge in [0.1, 0.15) is 0 Å². The minimum Gasteiger partial charge on any atom is -0.379 e. The smallest absolute Gasteiger partial charge is 0.254 e. The fourth-order valence-electron chi connectivity index (χ4n) is 4.36. The van der Waals surface area contributed by atoms with E-state index in [1.165, 1.54) is 5.06 Å². The normalized spacial score (nSPS) is 41.7. The van der Waals surface area contributed by atoms with Crippen molar-refractivity contribution in [2.45, 2.75) is 56.2 Å². The molecule has 0 unspecified atom stereocenters. The van der Waals surface area contributed by atoms with Crippen molar-refractivity contribution in [1.29, 1.82) is 0 Å². The summed E-state index contributed by atoms with van der Waals surface area (Å²) in [6.45, 7) is 0. The molecule has 1 aromatic rings. The summed E-state index contributed by atoms with van der Waals surface area (Å²) in [5.41, 5.74) is -0.488. The van der Waals surface area contributed by atoms with E-state index in [2.05, 4.69) is 9.79 Å². The molecule has 4 rings (SSSR count). The molecular formula is C12H17N3O4. The maximum absolute atomic E-state index is 11.5. The molecule has 0 aromatic carbocycles. The summed E-state index contributed by atoms with van der Waals surface area (Å²) in [5.74, 6) is -0.0691. The molecule has 7 nitrogen and oxygen atoms in total. The lowest BCUT2D eigenvalue weighted by Gasteiger charge is -2.35. The molecule has 0 amide bonds. The largest absolute Gasteiger partial charge is 0.379 e. The highest BCUT2D eigenvalue weighted by atomic mass is 16.8. The molecule has 3 aliphatic rings. The fraction of sp³-hybridized carbons (Fsp3) is 0.833. The van der Waals surface area contributed by atoms with Gasteiger partial charge in [0.05, 0.1) is 6.04 Å². The van der Waals surface area contributed by atoms with Crippen molar-refractivity contribution in [3.8, 4) is 0 Å². The topological polar surface area (TPSA) is 96.7 Å². The number of aromatic nitrogens is 2. The molecule has 1 aromatic heterocycles. The molecule has 2 aliphatic carbocycles. The summed E-state index contributed by atoms with van der Waals surface area (Å²) in [4.78, 5) is 0.390. The quantitative estimate of drug-likeness (QED) is 0.646. The van der Waals surface area contributed by atoms with Crippen LogP contribution in [0.5, 0.6) is 0 Å². The van der Waals surface area contributed by atoms with Crippen molar-refractivity contribution in [1.82, 2.24) is 10.2 Å².